The average Bonchev–Trinajstić information content (AvgIpc) is 2.61. The van der Waals surface area contributed by atoms with Crippen molar-refractivity contribution in [2.45, 2.75) is 6.92 Å². The molecule has 6 nitrogen and oxygen atoms in total. The number of hydrogen-bond donors (Lipinski definition) is 3. The number of phenolic OH excluding ortho intramolecular Hbond substituents is 1. The molecule has 0 unspecified atom stereocenters. The number of carbonyl (C=O) groups excluding carboxylic acids is 1. The fraction of sp³-hybridized carbons (Fsp3) is 0.0500. The molecule has 0 aliphatic carbocycles. The van der Waals surface area contributed by atoms with Crippen molar-refractivity contribution in [3.63, 3.8) is 0 Å². The highest BCUT2D eigenvalue weighted by atomic mass is 19.1. The number of carboxylic acid groups (broad SMARTS) is 1. The van der Waals surface area contributed by atoms with Crippen molar-refractivity contribution < 1.29 is 24.2 Å². The molecule has 0 atom stereocenters. The maximum atomic E-state index is 14.1. The lowest BCUT2D eigenvalue weighted by molar-refractivity contribution is 0.0697. The Bertz CT molecular complexity index is 1080. The van der Waals surface area contributed by atoms with Crippen LogP contribution in [0.25, 0.3) is 11.3 Å². The second-order valence-corrected chi connectivity index (χ2v) is 5.98. The number of carbonyl (C=O) groups is 2. The Labute approximate surface area is 153 Å². The minimum absolute atomic E-state index is 0.0917. The third kappa shape index (κ3) is 3.48. The Morgan fingerprint density at radius 2 is 1.74 bits per heavy atom. The summed E-state index contributed by atoms with van der Waals surface area (Å²) in [5.74, 6) is -2.81. The average molecular weight is 366 g/mol. The number of anilines is 1. The molecule has 3 rings (SSSR count). The van der Waals surface area contributed by atoms with E-state index >= 15 is 0 Å². The van der Waals surface area contributed by atoms with E-state index in [-0.39, 0.29) is 39.5 Å². The highest BCUT2D eigenvalue weighted by molar-refractivity contribution is 6.10. The Hall–Kier alpha value is -3.74. The first-order valence-electron chi connectivity index (χ1n) is 7.92. The van der Waals surface area contributed by atoms with Gasteiger partial charge < -0.3 is 15.9 Å². The second-order valence-electron chi connectivity index (χ2n) is 5.98. The fourth-order valence-electron chi connectivity index (χ4n) is 2.65. The summed E-state index contributed by atoms with van der Waals surface area (Å²) in [5.41, 5.74) is 6.58. The molecular weight excluding hydrogens is 351 g/mol. The Balaban J connectivity index is 2.06. The maximum absolute atomic E-state index is 14.1. The number of aromatic hydroxyl groups is 1. The Morgan fingerprint density at radius 1 is 1.04 bits per heavy atom. The summed E-state index contributed by atoms with van der Waals surface area (Å²) >= 11 is 0. The van der Waals surface area contributed by atoms with Crippen molar-refractivity contribution in [2.24, 2.45) is 0 Å². The van der Waals surface area contributed by atoms with Gasteiger partial charge in [0.2, 0.25) is 0 Å². The van der Waals surface area contributed by atoms with Crippen molar-refractivity contribution >= 4 is 17.6 Å². The minimum Gasteiger partial charge on any atom is -0.507 e. The molecule has 0 aliphatic heterocycles. The number of aromatic nitrogens is 1. The number of carboxylic acids is 1. The van der Waals surface area contributed by atoms with Gasteiger partial charge in [-0.05, 0) is 55.0 Å². The molecule has 1 aromatic heterocycles. The van der Waals surface area contributed by atoms with Crippen molar-refractivity contribution in [1.82, 2.24) is 4.98 Å². The van der Waals surface area contributed by atoms with Gasteiger partial charge in [-0.1, -0.05) is 6.07 Å². The predicted molar refractivity (Wildman–Crippen MR) is 97.3 cm³/mol. The standard InChI is InChI=1S/C20H15FN2O4/c1-10-2-4-12(15(21)8-10)18(25)11-3-7-17(24)14(9-11)16-6-5-13(20(26)27)19(22)23-16/h2-9,24H,1H3,(H2,22,23)(H,26,27). The van der Waals surface area contributed by atoms with Crippen LogP contribution in [0.4, 0.5) is 10.2 Å². The van der Waals surface area contributed by atoms with E-state index in [1.807, 2.05) is 0 Å². The summed E-state index contributed by atoms with van der Waals surface area (Å²) < 4.78 is 14.1. The smallest absolute Gasteiger partial charge is 0.339 e. The van der Waals surface area contributed by atoms with Crippen LogP contribution in [0.5, 0.6) is 5.75 Å². The van der Waals surface area contributed by atoms with Gasteiger partial charge in [0.25, 0.3) is 0 Å². The number of nitrogen functional groups attached to an aromatic ring is 1. The van der Waals surface area contributed by atoms with Crippen molar-refractivity contribution in [3.05, 3.63) is 76.6 Å². The summed E-state index contributed by atoms with van der Waals surface area (Å²) in [6.07, 6.45) is 0. The zero-order chi connectivity index (χ0) is 19.7. The van der Waals surface area contributed by atoms with Gasteiger partial charge in [0, 0.05) is 11.1 Å². The Kier molecular flexibility index (Phi) is 4.60. The molecule has 3 aromatic rings. The largest absolute Gasteiger partial charge is 0.507 e. The van der Waals surface area contributed by atoms with E-state index in [0.717, 1.165) is 0 Å². The number of rotatable bonds is 4. The molecule has 1 heterocycles. The second kappa shape index (κ2) is 6.87. The van der Waals surface area contributed by atoms with Gasteiger partial charge in [0.15, 0.2) is 5.78 Å². The first-order valence-corrected chi connectivity index (χ1v) is 7.92. The summed E-state index contributed by atoms with van der Waals surface area (Å²) in [5, 5.41) is 19.1. The van der Waals surface area contributed by atoms with Crippen LogP contribution < -0.4 is 5.73 Å². The van der Waals surface area contributed by atoms with E-state index in [9.17, 15) is 19.1 Å². The predicted octanol–water partition coefficient (Wildman–Crippen LogP) is 3.41. The molecule has 0 bridgehead atoms. The SMILES string of the molecule is Cc1ccc(C(=O)c2ccc(O)c(-c3ccc(C(=O)O)c(N)n3)c2)c(F)c1. The quantitative estimate of drug-likeness (QED) is 0.610. The molecule has 27 heavy (non-hydrogen) atoms. The van der Waals surface area contributed by atoms with Gasteiger partial charge in [-0.15, -0.1) is 0 Å². The summed E-state index contributed by atoms with van der Waals surface area (Å²) in [6.45, 7) is 1.72. The third-order valence-electron chi connectivity index (χ3n) is 4.06. The fourth-order valence-corrected chi connectivity index (χ4v) is 2.65. The van der Waals surface area contributed by atoms with Crippen LogP contribution in [-0.2, 0) is 0 Å². The van der Waals surface area contributed by atoms with E-state index in [1.165, 1.54) is 42.5 Å². The lowest BCUT2D eigenvalue weighted by atomic mass is 9.98. The molecule has 0 spiro atoms. The van der Waals surface area contributed by atoms with Crippen LogP contribution in [0.1, 0.15) is 31.8 Å². The van der Waals surface area contributed by atoms with Crippen molar-refractivity contribution in [3.8, 4) is 17.0 Å². The first-order chi connectivity index (χ1) is 12.8. The molecular formula is C20H15FN2O4. The molecule has 136 valence electrons. The number of aryl methyl sites for hydroxylation is 1. The molecule has 0 saturated heterocycles. The van der Waals surface area contributed by atoms with E-state index in [2.05, 4.69) is 4.98 Å². The van der Waals surface area contributed by atoms with Gasteiger partial charge in [-0.3, -0.25) is 4.79 Å². The number of nitrogens with two attached hydrogens (primary N) is 1. The highest BCUT2D eigenvalue weighted by Crippen LogP contribution is 2.31. The number of hydrogen-bond acceptors (Lipinski definition) is 5. The number of phenols is 1. The molecule has 2 aromatic carbocycles. The number of nitrogens with zero attached hydrogens (tertiary/aromatic N) is 1. The van der Waals surface area contributed by atoms with Crippen LogP contribution >= 0.6 is 0 Å². The van der Waals surface area contributed by atoms with Gasteiger partial charge in [-0.25, -0.2) is 14.2 Å². The maximum Gasteiger partial charge on any atom is 0.339 e. The van der Waals surface area contributed by atoms with E-state index in [4.69, 9.17) is 10.8 Å². The molecule has 0 aliphatic rings. The zero-order valence-electron chi connectivity index (χ0n) is 14.2. The summed E-state index contributed by atoms with van der Waals surface area (Å²) in [7, 11) is 0. The van der Waals surface area contributed by atoms with Gasteiger partial charge >= 0.3 is 5.97 Å². The van der Waals surface area contributed by atoms with Crippen LogP contribution in [0.15, 0.2) is 48.5 Å². The topological polar surface area (TPSA) is 114 Å². The zero-order valence-corrected chi connectivity index (χ0v) is 14.2. The molecule has 0 amide bonds. The molecule has 0 fully saturated rings. The van der Waals surface area contributed by atoms with Gasteiger partial charge in [-0.2, -0.15) is 0 Å². The van der Waals surface area contributed by atoms with Crippen molar-refractivity contribution in [2.75, 3.05) is 5.73 Å². The van der Waals surface area contributed by atoms with Gasteiger partial charge in [0.05, 0.1) is 11.3 Å². The lowest BCUT2D eigenvalue weighted by Crippen LogP contribution is -2.06. The number of benzene rings is 2. The number of pyridine rings is 1. The number of aromatic carboxylic acids is 1. The van der Waals surface area contributed by atoms with Crippen LogP contribution in [-0.4, -0.2) is 26.9 Å². The minimum atomic E-state index is -1.23. The normalized spacial score (nSPS) is 10.6. The highest BCUT2D eigenvalue weighted by Gasteiger charge is 2.18. The van der Waals surface area contributed by atoms with Crippen LogP contribution in [0.3, 0.4) is 0 Å². The number of ketones is 1. The van der Waals surface area contributed by atoms with Crippen LogP contribution in [0, 0.1) is 12.7 Å². The van der Waals surface area contributed by atoms with Crippen LogP contribution in [0.2, 0.25) is 0 Å². The number of halogens is 1. The third-order valence-corrected chi connectivity index (χ3v) is 4.06. The summed E-state index contributed by atoms with van der Waals surface area (Å²) in [6, 6.07) is 10.9. The van der Waals surface area contributed by atoms with E-state index < -0.39 is 17.6 Å². The monoisotopic (exact) mass is 366 g/mol. The first kappa shape index (κ1) is 18.1. The molecule has 0 radical (unpaired) electrons. The van der Waals surface area contributed by atoms with Gasteiger partial charge in [0.1, 0.15) is 22.9 Å². The van der Waals surface area contributed by atoms with E-state index in [0.29, 0.717) is 5.56 Å². The molecule has 4 N–H and O–H groups in total. The summed E-state index contributed by atoms with van der Waals surface area (Å²) in [4.78, 5) is 27.7. The Morgan fingerprint density at radius 3 is 2.37 bits per heavy atom. The lowest BCUT2D eigenvalue weighted by Gasteiger charge is -2.09. The molecule has 0 saturated carbocycles. The molecule has 7 heteroatoms. The van der Waals surface area contributed by atoms with Crippen molar-refractivity contribution in [1.29, 1.82) is 0 Å². The van der Waals surface area contributed by atoms with E-state index in [1.54, 1.807) is 13.0 Å².